The number of nitrogens with zero attached hydrogens (tertiary/aromatic N) is 3. The molecule has 0 fully saturated rings. The van der Waals surface area contributed by atoms with Crippen molar-refractivity contribution in [1.82, 2.24) is 5.06 Å². The lowest BCUT2D eigenvalue weighted by atomic mass is 9.78. The quantitative estimate of drug-likeness (QED) is 0.498. The Morgan fingerprint density at radius 2 is 2.17 bits per heavy atom. The average molecular weight is 483 g/mol. The first-order valence-corrected chi connectivity index (χ1v) is 12.0. The van der Waals surface area contributed by atoms with Crippen molar-refractivity contribution in [3.05, 3.63) is 89.5 Å². The minimum absolute atomic E-state index is 0.316. The Kier molecular flexibility index (Phi) is 5.85. The highest BCUT2D eigenvalue weighted by atomic mass is 16.7. The summed E-state index contributed by atoms with van der Waals surface area (Å²) in [7, 11) is 3.48. The Hall–Kier alpha value is -4.02. The van der Waals surface area contributed by atoms with Crippen molar-refractivity contribution in [1.29, 1.82) is 5.26 Å². The standard InChI is InChI=1S/C29H30N4O3/c1-5-20(14-19(2)17-30)21-11-12-26-24(15-21)29(32-27(31)33(3)36-29)18-28(35-26)13-7-9-23-22(16-28)8-6-10-25(23)34-4/h5-6,8,10-12,14-15H,1-2,7,9,13,16,18H2,3-4H3,(H2,31,32). The van der Waals surface area contributed by atoms with Crippen LogP contribution in [0.25, 0.3) is 5.57 Å². The molecular formula is C29H30N4O3. The number of hydroxylamine groups is 2. The molecule has 184 valence electrons. The Labute approximate surface area is 211 Å². The molecule has 2 aromatic carbocycles. The molecule has 0 aromatic heterocycles. The highest BCUT2D eigenvalue weighted by Crippen LogP contribution is 2.53. The molecule has 5 rings (SSSR count). The second-order valence-electron chi connectivity index (χ2n) is 9.59. The van der Waals surface area contributed by atoms with E-state index in [1.807, 2.05) is 30.3 Å². The molecule has 0 saturated heterocycles. The van der Waals surface area contributed by atoms with E-state index in [0.29, 0.717) is 30.1 Å². The minimum atomic E-state index is -1.02. The van der Waals surface area contributed by atoms with Gasteiger partial charge >= 0.3 is 0 Å². The van der Waals surface area contributed by atoms with E-state index in [-0.39, 0.29) is 0 Å². The number of methoxy groups -OCH3 is 1. The van der Waals surface area contributed by atoms with Gasteiger partial charge in [0.25, 0.3) is 0 Å². The summed E-state index contributed by atoms with van der Waals surface area (Å²) in [5.41, 5.74) is 9.92. The number of rotatable bonds is 4. The third-order valence-corrected chi connectivity index (χ3v) is 7.24. The first-order valence-electron chi connectivity index (χ1n) is 12.0. The molecule has 0 bridgehead atoms. The van der Waals surface area contributed by atoms with Crippen LogP contribution in [0.3, 0.4) is 0 Å². The normalized spacial score (nSPS) is 24.8. The monoisotopic (exact) mass is 482 g/mol. The molecule has 1 aliphatic carbocycles. The maximum absolute atomic E-state index is 9.20. The maximum Gasteiger partial charge on any atom is 0.222 e. The zero-order chi connectivity index (χ0) is 25.5. The third kappa shape index (κ3) is 3.94. The number of nitrogens with two attached hydrogens (primary N) is 1. The van der Waals surface area contributed by atoms with Gasteiger partial charge in [0.2, 0.25) is 11.7 Å². The third-order valence-electron chi connectivity index (χ3n) is 7.24. The van der Waals surface area contributed by atoms with E-state index in [2.05, 4.69) is 25.3 Å². The van der Waals surface area contributed by atoms with E-state index in [1.54, 1.807) is 26.3 Å². The Balaban J connectivity index is 1.63. The van der Waals surface area contributed by atoms with E-state index >= 15 is 0 Å². The predicted molar refractivity (Wildman–Crippen MR) is 139 cm³/mol. The number of allylic oxidation sites excluding steroid dienone is 4. The highest BCUT2D eigenvalue weighted by Gasteiger charge is 2.55. The van der Waals surface area contributed by atoms with Crippen molar-refractivity contribution in [2.75, 3.05) is 14.2 Å². The summed E-state index contributed by atoms with van der Waals surface area (Å²) in [5.74, 6) is 1.95. The van der Waals surface area contributed by atoms with E-state index in [1.165, 1.54) is 16.2 Å². The molecule has 0 amide bonds. The van der Waals surface area contributed by atoms with Gasteiger partial charge in [-0.2, -0.15) is 5.26 Å². The van der Waals surface area contributed by atoms with Crippen LogP contribution in [0.2, 0.25) is 0 Å². The molecule has 2 spiro atoms. The highest BCUT2D eigenvalue weighted by molar-refractivity contribution is 5.80. The number of nitriles is 1. The Morgan fingerprint density at radius 3 is 2.86 bits per heavy atom. The SMILES string of the molecule is C=CC(=CC(=C)C#N)c1ccc2c(c1)C1(CC3(CCCc4c(cccc4OC)C3)O2)N=C(N)N(C)O1. The van der Waals surface area contributed by atoms with Crippen LogP contribution in [0.1, 0.15) is 41.5 Å². The van der Waals surface area contributed by atoms with Gasteiger partial charge < -0.3 is 15.2 Å². The van der Waals surface area contributed by atoms with Gasteiger partial charge in [0, 0.05) is 25.5 Å². The van der Waals surface area contributed by atoms with Crippen LogP contribution in [-0.4, -0.2) is 30.8 Å². The number of benzene rings is 2. The van der Waals surface area contributed by atoms with Crippen LogP contribution >= 0.6 is 0 Å². The summed E-state index contributed by atoms with van der Waals surface area (Å²) >= 11 is 0. The Morgan fingerprint density at radius 1 is 1.33 bits per heavy atom. The molecule has 2 heterocycles. The molecule has 7 nitrogen and oxygen atoms in total. The number of ether oxygens (including phenoxy) is 2. The largest absolute Gasteiger partial charge is 0.496 e. The van der Waals surface area contributed by atoms with Crippen LogP contribution in [-0.2, 0) is 23.4 Å². The minimum Gasteiger partial charge on any atom is -0.496 e. The molecule has 3 aliphatic rings. The van der Waals surface area contributed by atoms with Crippen molar-refractivity contribution in [3.8, 4) is 17.6 Å². The van der Waals surface area contributed by atoms with Crippen molar-refractivity contribution in [2.45, 2.75) is 43.4 Å². The molecular weight excluding hydrogens is 452 g/mol. The average Bonchev–Trinajstić information content (AvgIpc) is 3.03. The fraction of sp³-hybridized carbons (Fsp3) is 0.310. The second kappa shape index (κ2) is 8.89. The number of hydrogen-bond donors (Lipinski definition) is 1. The predicted octanol–water partition coefficient (Wildman–Crippen LogP) is 4.79. The molecule has 2 N–H and O–H groups in total. The van der Waals surface area contributed by atoms with Crippen molar-refractivity contribution in [2.24, 2.45) is 10.7 Å². The van der Waals surface area contributed by atoms with Gasteiger partial charge in [0.15, 0.2) is 0 Å². The van der Waals surface area contributed by atoms with E-state index in [0.717, 1.165) is 41.7 Å². The summed E-state index contributed by atoms with van der Waals surface area (Å²) in [6.07, 6.45) is 7.35. The van der Waals surface area contributed by atoms with Crippen LogP contribution in [0.15, 0.2) is 72.3 Å². The molecule has 2 unspecified atom stereocenters. The summed E-state index contributed by atoms with van der Waals surface area (Å²) in [5, 5.41) is 10.7. The smallest absolute Gasteiger partial charge is 0.222 e. The lowest BCUT2D eigenvalue weighted by Gasteiger charge is -2.45. The first kappa shape index (κ1) is 23.7. The number of hydrogen-bond acceptors (Lipinski definition) is 7. The Bertz CT molecular complexity index is 1350. The van der Waals surface area contributed by atoms with Gasteiger partial charge in [-0.1, -0.05) is 37.4 Å². The molecule has 2 aromatic rings. The summed E-state index contributed by atoms with van der Waals surface area (Å²) < 4.78 is 12.5. The van der Waals surface area contributed by atoms with Crippen LogP contribution in [0, 0.1) is 11.3 Å². The summed E-state index contributed by atoms with van der Waals surface area (Å²) in [6, 6.07) is 14.2. The molecule has 2 atom stereocenters. The fourth-order valence-electron chi connectivity index (χ4n) is 5.63. The fourth-order valence-corrected chi connectivity index (χ4v) is 5.63. The van der Waals surface area contributed by atoms with Gasteiger partial charge in [-0.05, 0) is 65.8 Å². The van der Waals surface area contributed by atoms with Crippen LogP contribution < -0.4 is 15.2 Å². The lowest BCUT2D eigenvalue weighted by molar-refractivity contribution is -0.204. The van der Waals surface area contributed by atoms with E-state index in [4.69, 9.17) is 25.0 Å². The summed E-state index contributed by atoms with van der Waals surface area (Å²) in [4.78, 5) is 11.2. The van der Waals surface area contributed by atoms with Gasteiger partial charge in [-0.25, -0.2) is 14.9 Å². The number of fused-ring (bicyclic) bond motifs is 3. The zero-order valence-electron chi connectivity index (χ0n) is 20.7. The molecule has 36 heavy (non-hydrogen) atoms. The van der Waals surface area contributed by atoms with Gasteiger partial charge in [0.05, 0.1) is 18.7 Å². The van der Waals surface area contributed by atoms with Crippen molar-refractivity contribution < 1.29 is 14.3 Å². The number of guanidine groups is 1. The molecule has 0 radical (unpaired) electrons. The zero-order valence-corrected chi connectivity index (χ0v) is 20.7. The van der Waals surface area contributed by atoms with Gasteiger partial charge in [0.1, 0.15) is 17.1 Å². The molecule has 2 aliphatic heterocycles. The maximum atomic E-state index is 9.20. The van der Waals surface area contributed by atoms with Crippen molar-refractivity contribution >= 4 is 11.5 Å². The number of aliphatic imine (C=N–C) groups is 1. The van der Waals surface area contributed by atoms with E-state index in [9.17, 15) is 5.26 Å². The van der Waals surface area contributed by atoms with Gasteiger partial charge in [-0.15, -0.1) is 0 Å². The second-order valence-corrected chi connectivity index (χ2v) is 9.59. The summed E-state index contributed by atoms with van der Waals surface area (Å²) in [6.45, 7) is 7.69. The lowest BCUT2D eigenvalue weighted by Crippen LogP contribution is -2.49. The van der Waals surface area contributed by atoms with Crippen LogP contribution in [0.5, 0.6) is 11.5 Å². The topological polar surface area (TPSA) is 93.1 Å². The van der Waals surface area contributed by atoms with Crippen molar-refractivity contribution in [3.63, 3.8) is 0 Å². The molecule has 7 heteroatoms. The molecule has 0 saturated carbocycles. The van der Waals surface area contributed by atoms with Crippen LogP contribution in [0.4, 0.5) is 0 Å². The van der Waals surface area contributed by atoms with Gasteiger partial charge in [-0.3, -0.25) is 0 Å². The first-order chi connectivity index (χ1) is 17.3. The van der Waals surface area contributed by atoms with E-state index < -0.39 is 11.3 Å².